The van der Waals surface area contributed by atoms with E-state index in [9.17, 15) is 0 Å². The number of nitrogens with zero attached hydrogens (tertiary/aromatic N) is 1. The van der Waals surface area contributed by atoms with E-state index in [-0.39, 0.29) is 6.61 Å². The first-order chi connectivity index (χ1) is 8.72. The van der Waals surface area contributed by atoms with Crippen molar-refractivity contribution in [2.24, 2.45) is 0 Å². The minimum Gasteiger partial charge on any atom is -0.396 e. The first-order valence-electron chi connectivity index (χ1n) is 6.57. The van der Waals surface area contributed by atoms with Gasteiger partial charge in [-0.15, -0.1) is 0 Å². The highest BCUT2D eigenvalue weighted by atomic mass is 35.5. The minimum absolute atomic E-state index is 0.229. The first-order valence-corrected chi connectivity index (χ1v) is 6.95. The summed E-state index contributed by atoms with van der Waals surface area (Å²) in [5.41, 5.74) is 2.42. The molecule has 102 valence electrons. The molecular formula is C14H23ClN2O. The van der Waals surface area contributed by atoms with Crippen LogP contribution in [0.5, 0.6) is 0 Å². The second kappa shape index (κ2) is 8.35. The summed E-state index contributed by atoms with van der Waals surface area (Å²) < 4.78 is 0. The topological polar surface area (TPSA) is 35.5 Å². The zero-order valence-corrected chi connectivity index (χ0v) is 12.0. The van der Waals surface area contributed by atoms with Gasteiger partial charge in [0.2, 0.25) is 0 Å². The van der Waals surface area contributed by atoms with Gasteiger partial charge in [-0.1, -0.05) is 18.5 Å². The summed E-state index contributed by atoms with van der Waals surface area (Å²) in [5.74, 6) is 0. The Hall–Kier alpha value is -0.770. The van der Waals surface area contributed by atoms with Crippen LogP contribution < -0.4 is 10.2 Å². The number of aliphatic hydroxyl groups excluding tert-OH is 1. The second-order valence-electron chi connectivity index (χ2n) is 4.21. The maximum absolute atomic E-state index is 8.95. The molecule has 0 bridgehead atoms. The van der Waals surface area contributed by atoms with Gasteiger partial charge in [0.25, 0.3) is 0 Å². The molecule has 0 aliphatic heterocycles. The molecule has 3 nitrogen and oxygen atoms in total. The Bertz CT molecular complexity index is 358. The Morgan fingerprint density at radius 1 is 1.33 bits per heavy atom. The number of benzene rings is 1. The van der Waals surface area contributed by atoms with Crippen molar-refractivity contribution in [3.05, 3.63) is 28.8 Å². The molecule has 0 fully saturated rings. The lowest BCUT2D eigenvalue weighted by molar-refractivity contribution is 0.289. The van der Waals surface area contributed by atoms with Crippen LogP contribution in [-0.4, -0.2) is 31.3 Å². The van der Waals surface area contributed by atoms with Gasteiger partial charge in [0.15, 0.2) is 0 Å². The number of hydrogen-bond donors (Lipinski definition) is 2. The summed E-state index contributed by atoms with van der Waals surface area (Å²) in [7, 11) is 0. The van der Waals surface area contributed by atoms with Crippen molar-refractivity contribution in [3.8, 4) is 0 Å². The van der Waals surface area contributed by atoms with Crippen molar-refractivity contribution in [1.29, 1.82) is 0 Å². The molecule has 18 heavy (non-hydrogen) atoms. The highest BCUT2D eigenvalue weighted by Crippen LogP contribution is 2.24. The SMILES string of the molecule is CCNCc1cc(Cl)ccc1N(CC)CCCO. The van der Waals surface area contributed by atoms with Crippen molar-refractivity contribution in [3.63, 3.8) is 0 Å². The number of anilines is 1. The van der Waals surface area contributed by atoms with E-state index in [0.717, 1.165) is 37.6 Å². The van der Waals surface area contributed by atoms with E-state index in [0.29, 0.717) is 0 Å². The van der Waals surface area contributed by atoms with E-state index in [1.165, 1.54) is 11.3 Å². The fourth-order valence-electron chi connectivity index (χ4n) is 1.97. The number of rotatable bonds is 8. The monoisotopic (exact) mass is 270 g/mol. The summed E-state index contributed by atoms with van der Waals surface area (Å²) in [6, 6.07) is 6.00. The van der Waals surface area contributed by atoms with E-state index >= 15 is 0 Å². The lowest BCUT2D eigenvalue weighted by Gasteiger charge is -2.26. The highest BCUT2D eigenvalue weighted by Gasteiger charge is 2.09. The smallest absolute Gasteiger partial charge is 0.0447 e. The molecule has 0 aromatic heterocycles. The Labute approximate surface area is 115 Å². The molecule has 0 unspecified atom stereocenters. The average Bonchev–Trinajstić information content (AvgIpc) is 2.38. The van der Waals surface area contributed by atoms with Crippen LogP contribution in [-0.2, 0) is 6.54 Å². The van der Waals surface area contributed by atoms with Gasteiger partial charge in [-0.05, 0) is 43.7 Å². The molecule has 0 saturated heterocycles. The second-order valence-corrected chi connectivity index (χ2v) is 4.65. The van der Waals surface area contributed by atoms with Gasteiger partial charge in [-0.2, -0.15) is 0 Å². The molecule has 1 rings (SSSR count). The molecule has 0 aliphatic carbocycles. The summed E-state index contributed by atoms with van der Waals surface area (Å²) >= 11 is 6.06. The van der Waals surface area contributed by atoms with Crippen molar-refractivity contribution >= 4 is 17.3 Å². The van der Waals surface area contributed by atoms with Crippen LogP contribution >= 0.6 is 11.6 Å². The Morgan fingerprint density at radius 3 is 2.72 bits per heavy atom. The van der Waals surface area contributed by atoms with E-state index < -0.39 is 0 Å². The van der Waals surface area contributed by atoms with Crippen LogP contribution in [0.1, 0.15) is 25.8 Å². The van der Waals surface area contributed by atoms with Gasteiger partial charge in [0.05, 0.1) is 0 Å². The molecule has 0 heterocycles. The fraction of sp³-hybridized carbons (Fsp3) is 0.571. The lowest BCUT2D eigenvalue weighted by atomic mass is 10.1. The standard InChI is InChI=1S/C14H23ClN2O/c1-3-16-11-12-10-13(15)6-7-14(12)17(4-2)8-5-9-18/h6-7,10,16,18H,3-5,8-9,11H2,1-2H3. The van der Waals surface area contributed by atoms with Gasteiger partial charge >= 0.3 is 0 Å². The van der Waals surface area contributed by atoms with Crippen molar-refractivity contribution < 1.29 is 5.11 Å². The van der Waals surface area contributed by atoms with Crippen LogP contribution in [0.3, 0.4) is 0 Å². The van der Waals surface area contributed by atoms with Crippen LogP contribution in [0.2, 0.25) is 5.02 Å². The Morgan fingerprint density at radius 2 is 2.11 bits per heavy atom. The van der Waals surface area contributed by atoms with Gasteiger partial charge in [-0.25, -0.2) is 0 Å². The van der Waals surface area contributed by atoms with E-state index in [1.807, 2.05) is 12.1 Å². The van der Waals surface area contributed by atoms with Gasteiger partial charge in [0.1, 0.15) is 0 Å². The van der Waals surface area contributed by atoms with E-state index in [2.05, 4.69) is 30.1 Å². The van der Waals surface area contributed by atoms with Crippen LogP contribution in [0.25, 0.3) is 0 Å². The van der Waals surface area contributed by atoms with Gasteiger partial charge < -0.3 is 15.3 Å². The minimum atomic E-state index is 0.229. The molecular weight excluding hydrogens is 248 g/mol. The fourth-order valence-corrected chi connectivity index (χ4v) is 2.17. The van der Waals surface area contributed by atoms with Crippen molar-refractivity contribution in [1.82, 2.24) is 5.32 Å². The zero-order valence-electron chi connectivity index (χ0n) is 11.2. The third-order valence-corrected chi connectivity index (χ3v) is 3.15. The summed E-state index contributed by atoms with van der Waals surface area (Å²) in [6.45, 7) is 8.01. The molecule has 4 heteroatoms. The molecule has 0 amide bonds. The normalized spacial score (nSPS) is 10.7. The van der Waals surface area contributed by atoms with Gasteiger partial charge in [0, 0.05) is 37.0 Å². The number of aliphatic hydroxyl groups is 1. The Kier molecular flexibility index (Phi) is 7.09. The molecule has 0 radical (unpaired) electrons. The largest absolute Gasteiger partial charge is 0.396 e. The van der Waals surface area contributed by atoms with Crippen LogP contribution in [0, 0.1) is 0 Å². The summed E-state index contributed by atoms with van der Waals surface area (Å²) in [5, 5.41) is 13.1. The van der Waals surface area contributed by atoms with Crippen molar-refractivity contribution in [2.75, 3.05) is 31.1 Å². The molecule has 1 aromatic carbocycles. The number of hydrogen-bond acceptors (Lipinski definition) is 3. The predicted octanol–water partition coefficient (Wildman–Crippen LogP) is 2.66. The summed E-state index contributed by atoms with van der Waals surface area (Å²) in [4.78, 5) is 2.28. The molecule has 0 aliphatic rings. The third-order valence-electron chi connectivity index (χ3n) is 2.92. The number of halogens is 1. The first kappa shape index (κ1) is 15.3. The zero-order chi connectivity index (χ0) is 13.4. The maximum atomic E-state index is 8.95. The van der Waals surface area contributed by atoms with Crippen LogP contribution in [0.4, 0.5) is 5.69 Å². The predicted molar refractivity (Wildman–Crippen MR) is 78.4 cm³/mol. The molecule has 2 N–H and O–H groups in total. The molecule has 0 atom stereocenters. The van der Waals surface area contributed by atoms with Gasteiger partial charge in [-0.3, -0.25) is 0 Å². The summed E-state index contributed by atoms with van der Waals surface area (Å²) in [6.07, 6.45) is 0.789. The quantitative estimate of drug-likeness (QED) is 0.762. The lowest BCUT2D eigenvalue weighted by Crippen LogP contribution is -2.26. The molecule has 0 spiro atoms. The van der Waals surface area contributed by atoms with Crippen molar-refractivity contribution in [2.45, 2.75) is 26.8 Å². The molecule has 0 saturated carbocycles. The third kappa shape index (κ3) is 4.48. The van der Waals surface area contributed by atoms with Crippen LogP contribution in [0.15, 0.2) is 18.2 Å². The maximum Gasteiger partial charge on any atom is 0.0447 e. The Balaban J connectivity index is 2.89. The highest BCUT2D eigenvalue weighted by molar-refractivity contribution is 6.30. The van der Waals surface area contributed by atoms with E-state index in [4.69, 9.17) is 16.7 Å². The average molecular weight is 271 g/mol. The molecule has 1 aromatic rings. The van der Waals surface area contributed by atoms with E-state index in [1.54, 1.807) is 0 Å². The number of nitrogens with one attached hydrogen (secondary N) is 1.